The first-order valence-corrected chi connectivity index (χ1v) is 27.0. The minimum atomic E-state index is -0.806. The Morgan fingerprint density at radius 1 is 0.299 bits per heavy atom. The van der Waals surface area contributed by atoms with Crippen molar-refractivity contribution in [3.8, 4) is 0 Å². The highest BCUT2D eigenvalue weighted by Gasteiger charge is 2.19. The molecule has 67 heavy (non-hydrogen) atoms. The SMILES string of the molecule is CC/C=C\C/C=C\C/C=C\C/C=C\C/C=C\CCCCCC(=O)OCC(COC(=O)CCCCCCCCC/C=C\C/C=C\CC)OC(=O)CCCCCCCC/C=C\C/C=C\C/C=C\CC. The minimum Gasteiger partial charge on any atom is -0.462 e. The van der Waals surface area contributed by atoms with Crippen molar-refractivity contribution in [1.82, 2.24) is 0 Å². The molecule has 0 fully saturated rings. The maximum absolute atomic E-state index is 12.8. The van der Waals surface area contributed by atoms with E-state index in [-0.39, 0.29) is 31.1 Å². The summed E-state index contributed by atoms with van der Waals surface area (Å²) in [7, 11) is 0. The van der Waals surface area contributed by atoms with Crippen LogP contribution < -0.4 is 0 Å². The molecule has 0 rings (SSSR count). The van der Waals surface area contributed by atoms with Gasteiger partial charge in [0.25, 0.3) is 0 Å². The molecular weight excluding hydrogens is 829 g/mol. The van der Waals surface area contributed by atoms with Gasteiger partial charge in [-0.3, -0.25) is 14.4 Å². The van der Waals surface area contributed by atoms with Gasteiger partial charge in [-0.1, -0.05) is 206 Å². The van der Waals surface area contributed by atoms with Crippen molar-refractivity contribution in [2.24, 2.45) is 0 Å². The molecule has 1 atom stereocenters. The molecule has 0 spiro atoms. The molecule has 0 bridgehead atoms. The Balaban J connectivity index is 4.49. The van der Waals surface area contributed by atoms with E-state index in [0.717, 1.165) is 148 Å². The summed E-state index contributed by atoms with van der Waals surface area (Å²) in [5.41, 5.74) is 0. The molecule has 0 aromatic carbocycles. The highest BCUT2D eigenvalue weighted by molar-refractivity contribution is 5.71. The summed E-state index contributed by atoms with van der Waals surface area (Å²) < 4.78 is 16.8. The number of hydrogen-bond acceptors (Lipinski definition) is 6. The predicted molar refractivity (Wildman–Crippen MR) is 288 cm³/mol. The van der Waals surface area contributed by atoms with Gasteiger partial charge in [-0.2, -0.15) is 0 Å². The van der Waals surface area contributed by atoms with Crippen molar-refractivity contribution >= 4 is 17.9 Å². The highest BCUT2D eigenvalue weighted by Crippen LogP contribution is 2.13. The zero-order valence-corrected chi connectivity index (χ0v) is 43.1. The van der Waals surface area contributed by atoms with Crippen molar-refractivity contribution in [2.75, 3.05) is 13.2 Å². The summed E-state index contributed by atoms with van der Waals surface area (Å²) in [6, 6.07) is 0. The average Bonchev–Trinajstić information content (AvgIpc) is 3.33. The molecular formula is C61H98O6. The summed E-state index contributed by atoms with van der Waals surface area (Å²) in [6.45, 7) is 6.25. The van der Waals surface area contributed by atoms with E-state index in [0.29, 0.717) is 19.3 Å². The Kier molecular flexibility index (Phi) is 51.0. The number of ether oxygens (including phenoxy) is 3. The monoisotopic (exact) mass is 927 g/mol. The van der Waals surface area contributed by atoms with Crippen LogP contribution >= 0.6 is 0 Å². The second kappa shape index (κ2) is 54.4. The first-order valence-electron chi connectivity index (χ1n) is 27.0. The number of esters is 3. The molecule has 0 N–H and O–H groups in total. The predicted octanol–water partition coefficient (Wildman–Crippen LogP) is 18.1. The van der Waals surface area contributed by atoms with Gasteiger partial charge in [0.15, 0.2) is 6.10 Å². The normalized spacial score (nSPS) is 13.1. The minimum absolute atomic E-state index is 0.102. The number of unbranched alkanes of at least 4 members (excludes halogenated alkanes) is 16. The summed E-state index contributed by atoms with van der Waals surface area (Å²) in [4.78, 5) is 38.1. The van der Waals surface area contributed by atoms with Gasteiger partial charge in [-0.15, -0.1) is 0 Å². The molecule has 0 saturated carbocycles. The largest absolute Gasteiger partial charge is 0.462 e. The van der Waals surface area contributed by atoms with Crippen LogP contribution in [-0.4, -0.2) is 37.2 Å². The highest BCUT2D eigenvalue weighted by atomic mass is 16.6. The quantitative estimate of drug-likeness (QED) is 0.0262. The number of hydrogen-bond donors (Lipinski definition) is 0. The van der Waals surface area contributed by atoms with Gasteiger partial charge in [-0.05, 0) is 122 Å². The fourth-order valence-corrected chi connectivity index (χ4v) is 6.99. The van der Waals surface area contributed by atoms with E-state index in [1.165, 1.54) is 38.5 Å². The maximum atomic E-state index is 12.8. The van der Waals surface area contributed by atoms with E-state index in [9.17, 15) is 14.4 Å². The molecule has 0 amide bonds. The van der Waals surface area contributed by atoms with Crippen molar-refractivity contribution in [2.45, 2.75) is 232 Å². The summed E-state index contributed by atoms with van der Waals surface area (Å²) >= 11 is 0. The van der Waals surface area contributed by atoms with Gasteiger partial charge < -0.3 is 14.2 Å². The average molecular weight is 927 g/mol. The smallest absolute Gasteiger partial charge is 0.306 e. The van der Waals surface area contributed by atoms with E-state index in [1.807, 2.05) is 0 Å². The van der Waals surface area contributed by atoms with Crippen LogP contribution in [0.2, 0.25) is 0 Å². The molecule has 1 unspecified atom stereocenters. The Morgan fingerprint density at radius 2 is 0.537 bits per heavy atom. The molecule has 0 aliphatic heterocycles. The first kappa shape index (κ1) is 62.8. The molecule has 0 aromatic heterocycles. The van der Waals surface area contributed by atoms with Gasteiger partial charge in [0.05, 0.1) is 0 Å². The van der Waals surface area contributed by atoms with Crippen molar-refractivity contribution in [3.05, 3.63) is 122 Å². The molecule has 0 saturated heterocycles. The van der Waals surface area contributed by atoms with Gasteiger partial charge in [0.2, 0.25) is 0 Å². The first-order chi connectivity index (χ1) is 33.0. The molecule has 378 valence electrons. The lowest BCUT2D eigenvalue weighted by atomic mass is 10.1. The number of rotatable bonds is 47. The van der Waals surface area contributed by atoms with Crippen LogP contribution in [0.1, 0.15) is 226 Å². The van der Waals surface area contributed by atoms with Crippen LogP contribution in [0.25, 0.3) is 0 Å². The molecule has 0 radical (unpaired) electrons. The third kappa shape index (κ3) is 52.6. The van der Waals surface area contributed by atoms with Crippen LogP contribution in [-0.2, 0) is 28.6 Å². The van der Waals surface area contributed by atoms with Gasteiger partial charge in [0, 0.05) is 19.3 Å². The zero-order chi connectivity index (χ0) is 48.6. The van der Waals surface area contributed by atoms with E-state index in [1.54, 1.807) is 0 Å². The van der Waals surface area contributed by atoms with Gasteiger partial charge in [-0.25, -0.2) is 0 Å². The molecule has 0 aliphatic rings. The number of carbonyl (C=O) groups is 3. The van der Waals surface area contributed by atoms with Crippen molar-refractivity contribution in [3.63, 3.8) is 0 Å². The Hall–Kier alpha value is -4.19. The fraction of sp³-hybridized carbons (Fsp3) is 0.623. The second-order valence-electron chi connectivity index (χ2n) is 17.3. The molecule has 0 aromatic rings. The lowest BCUT2D eigenvalue weighted by molar-refractivity contribution is -0.167. The fourth-order valence-electron chi connectivity index (χ4n) is 6.99. The topological polar surface area (TPSA) is 78.9 Å². The van der Waals surface area contributed by atoms with E-state index in [4.69, 9.17) is 14.2 Å². The lowest BCUT2D eigenvalue weighted by Gasteiger charge is -2.18. The summed E-state index contributed by atoms with van der Waals surface area (Å²) in [5, 5.41) is 0. The van der Waals surface area contributed by atoms with Gasteiger partial charge in [0.1, 0.15) is 13.2 Å². The lowest BCUT2D eigenvalue weighted by Crippen LogP contribution is -2.30. The molecule has 0 aliphatic carbocycles. The number of carbonyl (C=O) groups excluding carboxylic acids is 3. The van der Waals surface area contributed by atoms with Crippen LogP contribution in [0, 0.1) is 0 Å². The maximum Gasteiger partial charge on any atom is 0.306 e. The molecule has 6 nitrogen and oxygen atoms in total. The third-order valence-corrected chi connectivity index (χ3v) is 10.9. The zero-order valence-electron chi connectivity index (χ0n) is 43.1. The molecule has 0 heterocycles. The van der Waals surface area contributed by atoms with Crippen LogP contribution in [0.5, 0.6) is 0 Å². The molecule has 6 heteroatoms. The number of allylic oxidation sites excluding steroid dienone is 20. The van der Waals surface area contributed by atoms with E-state index < -0.39 is 6.10 Å². The van der Waals surface area contributed by atoms with Crippen molar-refractivity contribution < 1.29 is 28.6 Å². The third-order valence-electron chi connectivity index (χ3n) is 10.9. The Morgan fingerprint density at radius 3 is 0.851 bits per heavy atom. The van der Waals surface area contributed by atoms with Gasteiger partial charge >= 0.3 is 17.9 Å². The summed E-state index contributed by atoms with van der Waals surface area (Å²) in [6.07, 6.45) is 74.7. The Labute approximate surface area is 412 Å². The standard InChI is InChI=1S/C61H98O6/c1-4-7-10-13-16-19-22-25-28-30-31-32-34-36-39-42-45-48-51-54-60(63)66-57-58(56-65-59(62)53-50-47-44-41-38-35-27-24-21-18-15-12-9-6-3)67-61(64)55-52-49-46-43-40-37-33-29-26-23-20-17-14-11-8-5-2/h7-12,16-21,25-26,28-29,31-32,36,39,58H,4-6,13-15,22-24,27,30,33-35,37-38,40-57H2,1-3H3/b10-7-,11-8-,12-9-,19-16-,20-17-,21-18-,28-25-,29-26-,32-31-,39-36-. The van der Waals surface area contributed by atoms with Crippen LogP contribution in [0.4, 0.5) is 0 Å². The van der Waals surface area contributed by atoms with E-state index >= 15 is 0 Å². The second-order valence-corrected chi connectivity index (χ2v) is 17.3. The van der Waals surface area contributed by atoms with Crippen LogP contribution in [0.15, 0.2) is 122 Å². The summed E-state index contributed by atoms with van der Waals surface area (Å²) in [5.74, 6) is -0.961. The van der Waals surface area contributed by atoms with Crippen molar-refractivity contribution in [1.29, 1.82) is 0 Å². The van der Waals surface area contributed by atoms with Crippen LogP contribution in [0.3, 0.4) is 0 Å². The van der Waals surface area contributed by atoms with E-state index in [2.05, 4.69) is 142 Å². The Bertz CT molecular complexity index is 1440.